The topological polar surface area (TPSA) is 124 Å². The van der Waals surface area contributed by atoms with Gasteiger partial charge in [0, 0.05) is 44.2 Å². The number of nitrogens with one attached hydrogen (secondary N) is 2. The van der Waals surface area contributed by atoms with Crippen LogP contribution in [0.5, 0.6) is 0 Å². The summed E-state index contributed by atoms with van der Waals surface area (Å²) in [7, 11) is 7.10. The lowest BCUT2D eigenvalue weighted by Crippen LogP contribution is -2.59. The van der Waals surface area contributed by atoms with Gasteiger partial charge in [0.2, 0.25) is 23.6 Å². The number of nitrogens with zero attached hydrogens (tertiary/aromatic N) is 4. The van der Waals surface area contributed by atoms with Crippen molar-refractivity contribution in [3.05, 3.63) is 52.5 Å². The second kappa shape index (κ2) is 20.9. The summed E-state index contributed by atoms with van der Waals surface area (Å²) >= 11 is 1.53. The summed E-state index contributed by atoms with van der Waals surface area (Å²) in [5.41, 5.74) is 1.12. The summed E-state index contributed by atoms with van der Waals surface area (Å²) in [4.78, 5) is 65.3. The molecule has 0 bridgehead atoms. The summed E-state index contributed by atoms with van der Waals surface area (Å²) in [6.45, 7) is 14.6. The van der Waals surface area contributed by atoms with Crippen molar-refractivity contribution in [2.45, 2.75) is 123 Å². The van der Waals surface area contributed by atoms with Crippen molar-refractivity contribution >= 4 is 35.0 Å². The molecule has 0 spiro atoms. The van der Waals surface area contributed by atoms with E-state index in [1.54, 1.807) is 25.3 Å². The van der Waals surface area contributed by atoms with E-state index in [-0.39, 0.29) is 71.8 Å². The van der Waals surface area contributed by atoms with Crippen LogP contribution in [0.4, 0.5) is 0 Å². The highest BCUT2D eigenvalue weighted by atomic mass is 32.1. The van der Waals surface area contributed by atoms with E-state index in [2.05, 4.69) is 41.6 Å². The molecule has 4 amide bonds. The molecule has 1 aliphatic heterocycles. The first-order valence-electron chi connectivity index (χ1n) is 19.4. The van der Waals surface area contributed by atoms with Gasteiger partial charge >= 0.3 is 0 Å². The molecule has 8 atom stereocenters. The second-order valence-electron chi connectivity index (χ2n) is 15.8. The van der Waals surface area contributed by atoms with Crippen LogP contribution in [-0.2, 0) is 30.3 Å². The van der Waals surface area contributed by atoms with Gasteiger partial charge in [0.1, 0.15) is 11.0 Å². The number of hydrogen-bond donors (Lipinski definition) is 2. The lowest BCUT2D eigenvalue weighted by Gasteiger charge is -2.40. The van der Waals surface area contributed by atoms with Gasteiger partial charge in [-0.2, -0.15) is 0 Å². The Bertz CT molecular complexity index is 1430. The van der Waals surface area contributed by atoms with Gasteiger partial charge in [-0.3, -0.25) is 24.1 Å². The summed E-state index contributed by atoms with van der Waals surface area (Å²) in [6, 6.07) is 8.28. The average Bonchev–Trinajstić information content (AvgIpc) is 3.82. The molecule has 53 heavy (non-hydrogen) atoms. The highest BCUT2D eigenvalue weighted by molar-refractivity contribution is 7.09. The minimum atomic E-state index is -0.730. The van der Waals surface area contributed by atoms with Crippen LogP contribution in [-0.4, -0.2) is 108 Å². The number of amides is 4. The Labute approximate surface area is 322 Å². The Morgan fingerprint density at radius 1 is 0.981 bits per heavy atom. The molecule has 12 heteroatoms. The van der Waals surface area contributed by atoms with E-state index in [9.17, 15) is 19.2 Å². The van der Waals surface area contributed by atoms with E-state index in [0.717, 1.165) is 29.8 Å². The van der Waals surface area contributed by atoms with E-state index in [0.29, 0.717) is 19.4 Å². The molecule has 1 fully saturated rings. The smallest absolute Gasteiger partial charge is 0.245 e. The fourth-order valence-corrected chi connectivity index (χ4v) is 8.51. The number of carbonyl (C=O) groups excluding carboxylic acids is 4. The first kappa shape index (κ1) is 44.0. The molecule has 1 aromatic heterocycles. The number of thiazole rings is 1. The highest BCUT2D eigenvalue weighted by Gasteiger charge is 2.40. The molecule has 2 N–H and O–H groups in total. The maximum absolute atomic E-state index is 14.2. The maximum atomic E-state index is 14.2. The van der Waals surface area contributed by atoms with Gasteiger partial charge in [-0.15, -0.1) is 11.3 Å². The predicted octanol–water partition coefficient (Wildman–Crippen LogP) is 5.57. The van der Waals surface area contributed by atoms with Crippen LogP contribution in [0.2, 0.25) is 0 Å². The van der Waals surface area contributed by atoms with Crippen LogP contribution in [0.25, 0.3) is 0 Å². The van der Waals surface area contributed by atoms with E-state index < -0.39 is 18.2 Å². The van der Waals surface area contributed by atoms with Crippen LogP contribution in [0.3, 0.4) is 0 Å². The van der Waals surface area contributed by atoms with Crippen molar-refractivity contribution in [2.24, 2.45) is 23.7 Å². The van der Waals surface area contributed by atoms with Crippen LogP contribution in [0.15, 0.2) is 41.9 Å². The summed E-state index contributed by atoms with van der Waals surface area (Å²) in [5, 5.41) is 9.10. The van der Waals surface area contributed by atoms with E-state index >= 15 is 0 Å². The van der Waals surface area contributed by atoms with Gasteiger partial charge in [0.25, 0.3) is 0 Å². The number of benzene rings is 1. The molecule has 3 rings (SSSR count). The van der Waals surface area contributed by atoms with Crippen molar-refractivity contribution in [1.29, 1.82) is 0 Å². The van der Waals surface area contributed by atoms with Crippen LogP contribution < -0.4 is 10.6 Å². The van der Waals surface area contributed by atoms with Crippen LogP contribution >= 0.6 is 11.3 Å². The third-order valence-electron chi connectivity index (χ3n) is 10.9. The third kappa shape index (κ3) is 12.1. The van der Waals surface area contributed by atoms with E-state index in [4.69, 9.17) is 4.74 Å². The van der Waals surface area contributed by atoms with Crippen molar-refractivity contribution < 1.29 is 23.9 Å². The van der Waals surface area contributed by atoms with Gasteiger partial charge in [-0.1, -0.05) is 85.2 Å². The van der Waals surface area contributed by atoms with Crippen molar-refractivity contribution in [3.8, 4) is 0 Å². The summed E-state index contributed by atoms with van der Waals surface area (Å²) < 4.78 is 6.04. The zero-order chi connectivity index (χ0) is 39.4. The molecule has 0 aliphatic carbocycles. The SMILES string of the molecule is CC[C@H](C)[C@@H]([C@@H](CC(=O)N1CCC[C@H]1C[C@@H](C)C(=O)N[C@@H](Cc1ccccc1)c1nccs1)OC)N(C)C(=O)[C@@H](NC(=O)[C@H](C(C)C)N(C)C)C(C)C. The molecule has 1 aliphatic rings. The zero-order valence-corrected chi connectivity index (χ0v) is 34.8. The lowest BCUT2D eigenvalue weighted by atomic mass is 9.89. The van der Waals surface area contributed by atoms with Crippen molar-refractivity contribution in [3.63, 3.8) is 0 Å². The fraction of sp³-hybridized carbons (Fsp3) is 0.683. The standard InChI is InChI=1S/C41H66N6O5S/c1-12-28(6)37(46(10)41(51)35(26(2)3)44-39(50)36(27(4)5)45(8)9)33(52-11)25-34(48)47-21-16-19-31(47)23-29(7)38(49)43-32(40-42-20-22-53-40)24-30-17-14-13-15-18-30/h13-15,17-18,20,22,26-29,31-33,35-37H,12,16,19,21,23-25H2,1-11H3,(H,43,49)(H,44,50)/t28-,29+,31-,32-,33+,35-,36-,37-/m0/s1. The normalized spacial score (nSPS) is 18.7. The summed E-state index contributed by atoms with van der Waals surface area (Å²) in [6.07, 6.45) is 4.98. The Hall–Kier alpha value is -3.35. The number of methoxy groups -OCH3 is 1. The molecule has 0 saturated carbocycles. The monoisotopic (exact) mass is 754 g/mol. The van der Waals surface area contributed by atoms with Gasteiger partial charge in [-0.05, 0) is 63.1 Å². The lowest BCUT2D eigenvalue weighted by molar-refractivity contribution is -0.146. The number of carbonyl (C=O) groups is 4. The average molecular weight is 755 g/mol. The molecule has 11 nitrogen and oxygen atoms in total. The Morgan fingerprint density at radius 2 is 1.66 bits per heavy atom. The first-order chi connectivity index (χ1) is 25.1. The number of likely N-dealkylation sites (tertiary alicyclic amines) is 1. The van der Waals surface area contributed by atoms with E-state index in [1.807, 2.05) is 82.1 Å². The number of likely N-dealkylation sites (N-methyl/N-ethyl adjacent to an activating group) is 2. The van der Waals surface area contributed by atoms with Crippen molar-refractivity contribution in [1.82, 2.24) is 30.3 Å². The Balaban J connectivity index is 1.72. The Morgan fingerprint density at radius 3 is 2.21 bits per heavy atom. The molecule has 2 heterocycles. The molecule has 1 saturated heterocycles. The quantitative estimate of drug-likeness (QED) is 0.181. The van der Waals surface area contributed by atoms with Crippen molar-refractivity contribution in [2.75, 3.05) is 34.8 Å². The highest BCUT2D eigenvalue weighted by Crippen LogP contribution is 2.29. The minimum absolute atomic E-state index is 0.0233. The maximum Gasteiger partial charge on any atom is 0.245 e. The molecule has 0 radical (unpaired) electrons. The molecular weight excluding hydrogens is 689 g/mol. The molecular formula is C41H66N6O5S. The zero-order valence-electron chi connectivity index (χ0n) is 34.0. The molecule has 0 unspecified atom stereocenters. The first-order valence-corrected chi connectivity index (χ1v) is 20.3. The van der Waals surface area contributed by atoms with Gasteiger partial charge in [0.15, 0.2) is 0 Å². The number of hydrogen-bond acceptors (Lipinski definition) is 8. The largest absolute Gasteiger partial charge is 0.379 e. The molecule has 2 aromatic rings. The number of ether oxygens (including phenoxy) is 1. The fourth-order valence-electron chi connectivity index (χ4n) is 7.82. The van der Waals surface area contributed by atoms with Gasteiger partial charge in [0.05, 0.1) is 30.7 Å². The summed E-state index contributed by atoms with van der Waals surface area (Å²) in [5.74, 6) is -0.839. The number of aromatic nitrogens is 1. The third-order valence-corrected chi connectivity index (χ3v) is 11.8. The minimum Gasteiger partial charge on any atom is -0.379 e. The number of rotatable bonds is 20. The molecule has 1 aromatic carbocycles. The second-order valence-corrected chi connectivity index (χ2v) is 16.8. The molecule has 296 valence electrons. The predicted molar refractivity (Wildman–Crippen MR) is 212 cm³/mol. The van der Waals surface area contributed by atoms with E-state index in [1.165, 1.54) is 11.3 Å². The van der Waals surface area contributed by atoms with Gasteiger partial charge < -0.3 is 25.2 Å². The van der Waals surface area contributed by atoms with Crippen LogP contribution in [0, 0.1) is 23.7 Å². The van der Waals surface area contributed by atoms with Crippen LogP contribution in [0.1, 0.15) is 97.2 Å². The van der Waals surface area contributed by atoms with Gasteiger partial charge in [-0.25, -0.2) is 4.98 Å². The Kier molecular flexibility index (Phi) is 17.4.